The number of methoxy groups -OCH3 is 1. The fourth-order valence-corrected chi connectivity index (χ4v) is 10.0. The van der Waals surface area contributed by atoms with Crippen LogP contribution in [0.15, 0.2) is 79.0 Å². The number of imide groups is 1. The van der Waals surface area contributed by atoms with Gasteiger partial charge in [-0.15, -0.1) is 10.2 Å². The van der Waals surface area contributed by atoms with Crippen molar-refractivity contribution >= 4 is 45.9 Å². The van der Waals surface area contributed by atoms with E-state index >= 15 is 4.39 Å². The lowest BCUT2D eigenvalue weighted by Crippen LogP contribution is -2.51. The van der Waals surface area contributed by atoms with Crippen molar-refractivity contribution in [3.63, 3.8) is 0 Å². The van der Waals surface area contributed by atoms with Crippen molar-refractivity contribution in [3.05, 3.63) is 95.7 Å². The number of nitrogens with one attached hydrogen (secondary N) is 1. The van der Waals surface area contributed by atoms with Crippen molar-refractivity contribution in [2.45, 2.75) is 69.2 Å². The van der Waals surface area contributed by atoms with E-state index in [1.165, 1.54) is 0 Å². The van der Waals surface area contributed by atoms with Crippen LogP contribution in [0.1, 0.15) is 72.0 Å². The number of urea groups is 1. The molecule has 0 radical (unpaired) electrons. The maximum absolute atomic E-state index is 16.4. The number of hydrogen-bond acceptors (Lipinski definition) is 10. The SMILES string of the molecule is CO[C@H]1C[C@@H](c2ccc(C(=O)N3CCC(F)(CN4CCC(n5ccc6cc(N7CCC(=O)NC7=O)ccc65)CC4)CC3)cc2C)CN(c2cc(-c3ccccc3O)nnc2N)C1. The highest BCUT2D eigenvalue weighted by molar-refractivity contribution is 6.06. The summed E-state index contributed by atoms with van der Waals surface area (Å²) in [6.07, 6.45) is 5.52. The number of nitrogens with zero attached hydrogens (tertiary/aromatic N) is 7. The first-order valence-corrected chi connectivity index (χ1v) is 21.7. The van der Waals surface area contributed by atoms with Crippen LogP contribution >= 0.6 is 0 Å². The Bertz CT molecular complexity index is 2490. The van der Waals surface area contributed by atoms with Gasteiger partial charge in [0, 0.05) is 125 Å². The minimum absolute atomic E-state index is 0.0709. The van der Waals surface area contributed by atoms with E-state index in [1.807, 2.05) is 55.5 Å². The molecule has 0 aliphatic carbocycles. The molecule has 2 atom stereocenters. The van der Waals surface area contributed by atoms with Gasteiger partial charge in [0.2, 0.25) is 5.91 Å². The molecular formula is C47H54FN9O5. The Hall–Kier alpha value is -6.06. The van der Waals surface area contributed by atoms with Crippen molar-refractivity contribution in [2.24, 2.45) is 0 Å². The summed E-state index contributed by atoms with van der Waals surface area (Å²) in [5, 5.41) is 22.4. The maximum Gasteiger partial charge on any atom is 0.328 e. The van der Waals surface area contributed by atoms with Crippen molar-refractivity contribution in [1.29, 1.82) is 0 Å². The van der Waals surface area contributed by atoms with Gasteiger partial charge in [0.1, 0.15) is 11.4 Å². The van der Waals surface area contributed by atoms with E-state index in [-0.39, 0.29) is 42.0 Å². The normalized spacial score (nSPS) is 21.4. The van der Waals surface area contributed by atoms with Crippen LogP contribution in [0.2, 0.25) is 0 Å². The molecule has 4 N–H and O–H groups in total. The number of carbonyl (C=O) groups excluding carboxylic acids is 3. The summed E-state index contributed by atoms with van der Waals surface area (Å²) in [5.41, 5.74) is 11.5. The molecule has 4 aliphatic rings. The molecule has 324 valence electrons. The molecule has 0 unspecified atom stereocenters. The molecule has 2 aromatic heterocycles. The Morgan fingerprint density at radius 3 is 2.50 bits per heavy atom. The highest BCUT2D eigenvalue weighted by Gasteiger charge is 2.39. The number of piperidine rings is 3. The summed E-state index contributed by atoms with van der Waals surface area (Å²) < 4.78 is 24.6. The topological polar surface area (TPSA) is 162 Å². The Kier molecular flexibility index (Phi) is 11.3. The molecule has 9 rings (SSSR count). The largest absolute Gasteiger partial charge is 0.507 e. The molecule has 0 bridgehead atoms. The van der Waals surface area contributed by atoms with Crippen LogP contribution in [0.5, 0.6) is 5.75 Å². The summed E-state index contributed by atoms with van der Waals surface area (Å²) in [7, 11) is 1.71. The van der Waals surface area contributed by atoms with E-state index in [1.54, 1.807) is 35.1 Å². The second kappa shape index (κ2) is 17.0. The van der Waals surface area contributed by atoms with Crippen LogP contribution < -0.4 is 20.9 Å². The molecule has 4 amide bonds. The van der Waals surface area contributed by atoms with Crippen LogP contribution in [-0.2, 0) is 9.53 Å². The summed E-state index contributed by atoms with van der Waals surface area (Å²) in [5.74, 6) is 0.178. The number of anilines is 3. The summed E-state index contributed by atoms with van der Waals surface area (Å²) in [6.45, 7) is 6.36. The number of phenolic OH excluding ortho intramolecular Hbond substituents is 1. The summed E-state index contributed by atoms with van der Waals surface area (Å²) in [4.78, 5) is 45.6. The van der Waals surface area contributed by atoms with E-state index < -0.39 is 11.7 Å². The number of hydrogen-bond donors (Lipinski definition) is 3. The Balaban J connectivity index is 0.791. The third-order valence-corrected chi connectivity index (χ3v) is 13.5. The van der Waals surface area contributed by atoms with E-state index in [0.29, 0.717) is 74.7 Å². The number of amides is 4. The molecule has 4 aliphatic heterocycles. The number of rotatable bonds is 9. The molecule has 15 heteroatoms. The first-order valence-electron chi connectivity index (χ1n) is 21.7. The number of carbonyl (C=O) groups is 3. The zero-order chi connectivity index (χ0) is 43.1. The molecule has 5 aromatic rings. The maximum atomic E-state index is 16.4. The number of ether oxygens (including phenoxy) is 1. The number of aromatic nitrogens is 3. The lowest BCUT2D eigenvalue weighted by atomic mass is 9.85. The smallest absolute Gasteiger partial charge is 0.328 e. The fraction of sp³-hybridized carbons (Fsp3) is 0.426. The second-order valence-corrected chi connectivity index (χ2v) is 17.5. The Labute approximate surface area is 360 Å². The zero-order valence-electron chi connectivity index (χ0n) is 35.3. The van der Waals surface area contributed by atoms with E-state index in [9.17, 15) is 19.5 Å². The number of aromatic hydroxyl groups is 1. The molecule has 4 saturated heterocycles. The highest BCUT2D eigenvalue weighted by atomic mass is 19.1. The fourth-order valence-electron chi connectivity index (χ4n) is 10.0. The van der Waals surface area contributed by atoms with Crippen LogP contribution in [0.25, 0.3) is 22.2 Å². The van der Waals surface area contributed by atoms with Gasteiger partial charge in [-0.05, 0) is 91.9 Å². The molecule has 6 heterocycles. The standard InChI is InChI=1S/C47H54FN9O5/c1-30-23-32(7-9-37(30)33-25-36(62-2)28-55(27-33)41-26-39(51-52-44(41)49)38-5-3-4-6-42(38)58)45(60)54-21-15-47(48,16-22-54)29-53-17-12-34(13-18-53)56-19-11-31-24-35(8-10-40(31)56)57-20-14-43(59)50-46(57)61/h3-11,19,23-24,26,33-34,36,58H,12-18,20-22,25,27-29H2,1-2H3,(H2,49,52)(H,50,59,61)/t33-,36+/m1/s1. The number of para-hydroxylation sites is 1. The zero-order valence-corrected chi connectivity index (χ0v) is 35.3. The van der Waals surface area contributed by atoms with E-state index in [4.69, 9.17) is 10.5 Å². The van der Waals surface area contributed by atoms with Crippen molar-refractivity contribution < 1.29 is 28.6 Å². The van der Waals surface area contributed by atoms with Crippen LogP contribution in [0.4, 0.5) is 26.4 Å². The number of nitrogen functional groups attached to an aromatic ring is 1. The number of likely N-dealkylation sites (tertiary alicyclic amines) is 2. The van der Waals surface area contributed by atoms with Gasteiger partial charge in [0.15, 0.2) is 5.82 Å². The molecular weight excluding hydrogens is 790 g/mol. The number of aryl methyl sites for hydroxylation is 1. The number of phenols is 1. The average Bonchev–Trinajstić information content (AvgIpc) is 3.70. The molecule has 14 nitrogen and oxygen atoms in total. The average molecular weight is 844 g/mol. The minimum Gasteiger partial charge on any atom is -0.507 e. The number of fused-ring (bicyclic) bond motifs is 1. The van der Waals surface area contributed by atoms with E-state index in [2.05, 4.69) is 42.1 Å². The Morgan fingerprint density at radius 2 is 1.76 bits per heavy atom. The first kappa shape index (κ1) is 41.3. The molecule has 0 spiro atoms. The quantitative estimate of drug-likeness (QED) is 0.151. The van der Waals surface area contributed by atoms with Crippen molar-refractivity contribution in [2.75, 3.05) is 75.0 Å². The van der Waals surface area contributed by atoms with Gasteiger partial charge in [-0.2, -0.15) is 0 Å². The van der Waals surface area contributed by atoms with Gasteiger partial charge in [0.05, 0.1) is 17.5 Å². The molecule has 62 heavy (non-hydrogen) atoms. The third kappa shape index (κ3) is 8.30. The lowest BCUT2D eigenvalue weighted by Gasteiger charge is -2.41. The first-order chi connectivity index (χ1) is 29.9. The minimum atomic E-state index is -1.36. The molecule has 4 fully saturated rings. The van der Waals surface area contributed by atoms with Gasteiger partial charge in [0.25, 0.3) is 5.91 Å². The lowest BCUT2D eigenvalue weighted by molar-refractivity contribution is -0.120. The summed E-state index contributed by atoms with van der Waals surface area (Å²) >= 11 is 0. The second-order valence-electron chi connectivity index (χ2n) is 17.5. The predicted octanol–water partition coefficient (Wildman–Crippen LogP) is 6.43. The molecule has 3 aromatic carbocycles. The number of benzene rings is 3. The van der Waals surface area contributed by atoms with E-state index in [0.717, 1.165) is 65.8 Å². The number of alkyl halides is 1. The third-order valence-electron chi connectivity index (χ3n) is 13.5. The van der Waals surface area contributed by atoms with Crippen molar-refractivity contribution in [1.82, 2.24) is 29.9 Å². The highest BCUT2D eigenvalue weighted by Crippen LogP contribution is 2.38. The van der Waals surface area contributed by atoms with Gasteiger partial charge in [-0.25, -0.2) is 9.18 Å². The molecule has 0 saturated carbocycles. The van der Waals surface area contributed by atoms with Gasteiger partial charge < -0.3 is 34.8 Å². The van der Waals surface area contributed by atoms with Crippen LogP contribution in [0, 0.1) is 6.92 Å². The van der Waals surface area contributed by atoms with Gasteiger partial charge in [-0.1, -0.05) is 18.2 Å². The van der Waals surface area contributed by atoms with Crippen LogP contribution in [0.3, 0.4) is 0 Å². The predicted molar refractivity (Wildman–Crippen MR) is 236 cm³/mol. The monoisotopic (exact) mass is 843 g/mol. The van der Waals surface area contributed by atoms with Gasteiger partial charge in [-0.3, -0.25) is 19.8 Å². The van der Waals surface area contributed by atoms with Gasteiger partial charge >= 0.3 is 6.03 Å². The summed E-state index contributed by atoms with van der Waals surface area (Å²) in [6, 6.07) is 22.7. The number of halogens is 1. The van der Waals surface area contributed by atoms with Crippen LogP contribution in [-0.4, -0.2) is 119 Å². The van der Waals surface area contributed by atoms with Crippen molar-refractivity contribution in [3.8, 4) is 17.0 Å². The Morgan fingerprint density at radius 1 is 0.968 bits per heavy atom. The number of nitrogens with two attached hydrogens (primary N) is 1.